The maximum atomic E-state index is 12.7. The Morgan fingerprint density at radius 3 is 2.38 bits per heavy atom. The predicted octanol–water partition coefficient (Wildman–Crippen LogP) is 4.87. The molecule has 1 heterocycles. The molecule has 188 valence electrons. The number of ether oxygens (including phenoxy) is 2. The first kappa shape index (κ1) is 27.5. The average molecular weight is 483 g/mol. The Labute approximate surface area is 198 Å². The van der Waals surface area contributed by atoms with Gasteiger partial charge in [-0.15, -0.1) is 5.10 Å². The summed E-state index contributed by atoms with van der Waals surface area (Å²) in [6, 6.07) is 4.87. The van der Waals surface area contributed by atoms with Gasteiger partial charge in [-0.3, -0.25) is 5.32 Å². The SMILES string of the molecule is C=N/N=C(\OCNCCC(C)(C)O)c1cc(C)c2cc(OCC(F)(F)F)cc(C(C)(C)C)c2n1. The third-order valence-corrected chi connectivity index (χ3v) is 4.91. The number of aliphatic hydroxyl groups is 1. The standard InChI is InChI=1S/C24H33F3N4O3/c1-15-10-19(21(31-28-7)34-14-29-9-8-23(5,6)32)30-20-17(15)11-16(33-13-24(25,26)27)12-18(20)22(2,3)4/h10-12,29,32H,7-9,13-14H2,1-6H3/b31-21-. The Morgan fingerprint density at radius 2 is 1.82 bits per heavy atom. The monoisotopic (exact) mass is 482 g/mol. The Kier molecular flexibility index (Phi) is 8.65. The lowest BCUT2D eigenvalue weighted by Crippen LogP contribution is -2.29. The summed E-state index contributed by atoms with van der Waals surface area (Å²) in [4.78, 5) is 4.72. The first-order valence-corrected chi connectivity index (χ1v) is 10.9. The van der Waals surface area contributed by atoms with Gasteiger partial charge in [0.25, 0.3) is 5.90 Å². The zero-order valence-electron chi connectivity index (χ0n) is 20.5. The summed E-state index contributed by atoms with van der Waals surface area (Å²) in [6.45, 7) is 13.8. The fraction of sp³-hybridized carbons (Fsp3) is 0.542. The highest BCUT2D eigenvalue weighted by atomic mass is 19.4. The van der Waals surface area contributed by atoms with Crippen molar-refractivity contribution in [3.63, 3.8) is 0 Å². The molecule has 0 amide bonds. The molecular weight excluding hydrogens is 449 g/mol. The number of nitrogens with one attached hydrogen (secondary N) is 1. The number of rotatable bonds is 9. The van der Waals surface area contributed by atoms with E-state index in [0.29, 0.717) is 29.6 Å². The fourth-order valence-electron chi connectivity index (χ4n) is 3.20. The second-order valence-corrected chi connectivity index (χ2v) is 9.74. The van der Waals surface area contributed by atoms with Crippen LogP contribution in [0, 0.1) is 6.92 Å². The Bertz CT molecular complexity index is 1040. The lowest BCUT2D eigenvalue weighted by Gasteiger charge is -2.23. The number of hydrogen-bond donors (Lipinski definition) is 2. The molecular formula is C24H33F3N4O3. The van der Waals surface area contributed by atoms with Crippen molar-refractivity contribution in [2.45, 2.75) is 65.2 Å². The Balaban J connectivity index is 2.42. The molecule has 0 saturated heterocycles. The highest BCUT2D eigenvalue weighted by Crippen LogP contribution is 2.35. The zero-order valence-corrected chi connectivity index (χ0v) is 20.5. The van der Waals surface area contributed by atoms with Crippen molar-refractivity contribution in [2.75, 3.05) is 19.9 Å². The molecule has 0 aliphatic carbocycles. The molecule has 0 spiro atoms. The topological polar surface area (TPSA) is 88.3 Å². The van der Waals surface area contributed by atoms with Crippen molar-refractivity contribution in [1.29, 1.82) is 0 Å². The summed E-state index contributed by atoms with van der Waals surface area (Å²) < 4.78 is 48.8. The molecule has 2 N–H and O–H groups in total. The van der Waals surface area contributed by atoms with Crippen molar-refractivity contribution >= 4 is 23.5 Å². The van der Waals surface area contributed by atoms with Gasteiger partial charge in [0.1, 0.15) is 18.2 Å². The minimum atomic E-state index is -4.44. The highest BCUT2D eigenvalue weighted by molar-refractivity contribution is 5.97. The van der Waals surface area contributed by atoms with Crippen LogP contribution in [0.1, 0.15) is 57.9 Å². The summed E-state index contributed by atoms with van der Waals surface area (Å²) in [5, 5.41) is 21.1. The van der Waals surface area contributed by atoms with Gasteiger partial charge >= 0.3 is 6.18 Å². The number of alkyl halides is 3. The van der Waals surface area contributed by atoms with Crippen LogP contribution in [0.25, 0.3) is 10.9 Å². The van der Waals surface area contributed by atoms with E-state index < -0.39 is 23.8 Å². The minimum Gasteiger partial charge on any atom is -0.484 e. The molecule has 0 bridgehead atoms. The van der Waals surface area contributed by atoms with E-state index in [1.807, 2.05) is 27.7 Å². The van der Waals surface area contributed by atoms with Crippen LogP contribution in [0.15, 0.2) is 28.4 Å². The van der Waals surface area contributed by atoms with Crippen LogP contribution in [-0.2, 0) is 10.2 Å². The maximum absolute atomic E-state index is 12.7. The largest absolute Gasteiger partial charge is 0.484 e. The van der Waals surface area contributed by atoms with Crippen LogP contribution in [0.2, 0.25) is 0 Å². The molecule has 2 rings (SSSR count). The molecule has 0 aliphatic heterocycles. The lowest BCUT2D eigenvalue weighted by atomic mass is 9.84. The van der Waals surface area contributed by atoms with Crippen LogP contribution in [0.3, 0.4) is 0 Å². The summed E-state index contributed by atoms with van der Waals surface area (Å²) in [5.41, 5.74) is 1.28. The highest BCUT2D eigenvalue weighted by Gasteiger charge is 2.29. The molecule has 2 aromatic rings. The molecule has 0 unspecified atom stereocenters. The van der Waals surface area contributed by atoms with Crippen molar-refractivity contribution in [1.82, 2.24) is 10.3 Å². The number of halogens is 3. The van der Waals surface area contributed by atoms with Gasteiger partial charge in [-0.2, -0.15) is 18.3 Å². The third kappa shape index (κ3) is 8.25. The second-order valence-electron chi connectivity index (χ2n) is 9.74. The summed E-state index contributed by atoms with van der Waals surface area (Å²) in [6.07, 6.45) is -3.90. The van der Waals surface area contributed by atoms with E-state index in [1.54, 1.807) is 32.0 Å². The number of hydrogen-bond acceptors (Lipinski definition) is 7. The van der Waals surface area contributed by atoms with Gasteiger partial charge in [0.05, 0.1) is 11.1 Å². The zero-order chi connectivity index (χ0) is 25.7. The molecule has 0 saturated carbocycles. The van der Waals surface area contributed by atoms with Gasteiger partial charge in [-0.05, 0) is 61.9 Å². The van der Waals surface area contributed by atoms with E-state index >= 15 is 0 Å². The number of fused-ring (bicyclic) bond motifs is 1. The second kappa shape index (κ2) is 10.7. The molecule has 0 atom stereocenters. The van der Waals surface area contributed by atoms with Crippen molar-refractivity contribution in [3.05, 3.63) is 35.0 Å². The smallest absolute Gasteiger partial charge is 0.422 e. The Morgan fingerprint density at radius 1 is 1.15 bits per heavy atom. The van der Waals surface area contributed by atoms with Crippen LogP contribution in [0.4, 0.5) is 13.2 Å². The molecule has 34 heavy (non-hydrogen) atoms. The van der Waals surface area contributed by atoms with E-state index in [-0.39, 0.29) is 18.4 Å². The van der Waals surface area contributed by atoms with E-state index in [4.69, 9.17) is 14.5 Å². The first-order valence-electron chi connectivity index (χ1n) is 10.9. The van der Waals surface area contributed by atoms with E-state index in [0.717, 1.165) is 11.1 Å². The quantitative estimate of drug-likeness (QED) is 0.175. The third-order valence-electron chi connectivity index (χ3n) is 4.91. The van der Waals surface area contributed by atoms with Crippen LogP contribution in [0.5, 0.6) is 5.75 Å². The average Bonchev–Trinajstić information content (AvgIpc) is 2.68. The van der Waals surface area contributed by atoms with Crippen molar-refractivity contribution < 1.29 is 27.8 Å². The number of aryl methyl sites for hydroxylation is 1. The van der Waals surface area contributed by atoms with Crippen molar-refractivity contribution in [2.24, 2.45) is 10.2 Å². The van der Waals surface area contributed by atoms with Gasteiger partial charge in [0.15, 0.2) is 6.61 Å². The van der Waals surface area contributed by atoms with Gasteiger partial charge in [0.2, 0.25) is 0 Å². The van der Waals surface area contributed by atoms with E-state index in [1.165, 1.54) is 0 Å². The van der Waals surface area contributed by atoms with Crippen LogP contribution in [-0.4, -0.2) is 54.4 Å². The van der Waals surface area contributed by atoms with Gasteiger partial charge in [-0.1, -0.05) is 20.8 Å². The molecule has 0 aliphatic rings. The van der Waals surface area contributed by atoms with Gasteiger partial charge in [-0.25, -0.2) is 4.98 Å². The van der Waals surface area contributed by atoms with Crippen LogP contribution < -0.4 is 10.1 Å². The normalized spacial score (nSPS) is 13.3. The lowest BCUT2D eigenvalue weighted by molar-refractivity contribution is -0.153. The predicted molar refractivity (Wildman–Crippen MR) is 128 cm³/mol. The van der Waals surface area contributed by atoms with Gasteiger partial charge in [0, 0.05) is 18.6 Å². The minimum absolute atomic E-state index is 0.111. The van der Waals surface area contributed by atoms with Crippen molar-refractivity contribution in [3.8, 4) is 5.75 Å². The van der Waals surface area contributed by atoms with E-state index in [9.17, 15) is 18.3 Å². The molecule has 1 aromatic heterocycles. The fourth-order valence-corrected chi connectivity index (χ4v) is 3.20. The maximum Gasteiger partial charge on any atom is 0.422 e. The number of pyridine rings is 1. The first-order chi connectivity index (χ1) is 15.6. The van der Waals surface area contributed by atoms with Gasteiger partial charge < -0.3 is 14.6 Å². The van der Waals surface area contributed by atoms with E-state index in [2.05, 4.69) is 22.2 Å². The molecule has 7 nitrogen and oxygen atoms in total. The van der Waals surface area contributed by atoms with Crippen LogP contribution >= 0.6 is 0 Å². The Hall–Kier alpha value is -2.72. The number of nitrogens with zero attached hydrogens (tertiary/aromatic N) is 3. The summed E-state index contributed by atoms with van der Waals surface area (Å²) in [5.74, 6) is 0.273. The number of benzene rings is 1. The summed E-state index contributed by atoms with van der Waals surface area (Å²) >= 11 is 0. The molecule has 0 fully saturated rings. The molecule has 0 radical (unpaired) electrons. The molecule has 1 aromatic carbocycles. The number of aromatic nitrogens is 1. The summed E-state index contributed by atoms with van der Waals surface area (Å²) in [7, 11) is 0. The molecule has 10 heteroatoms.